The lowest BCUT2D eigenvalue weighted by Gasteiger charge is -2.20. The third-order valence-electron chi connectivity index (χ3n) is 3.52. The number of rotatable bonds is 5. The maximum Gasteiger partial charge on any atom is 0.244 e. The minimum Gasteiger partial charge on any atom is -0.329 e. The first-order chi connectivity index (χ1) is 11.3. The molecule has 4 nitrogen and oxygen atoms in total. The van der Waals surface area contributed by atoms with E-state index in [2.05, 4.69) is 21.2 Å². The molecule has 2 rings (SSSR count). The van der Waals surface area contributed by atoms with Crippen LogP contribution >= 0.6 is 15.9 Å². The van der Waals surface area contributed by atoms with Crippen molar-refractivity contribution in [3.63, 3.8) is 0 Å². The second kappa shape index (κ2) is 8.06. The number of nitrogens with zero attached hydrogens (tertiary/aromatic N) is 1. The Morgan fingerprint density at radius 1 is 1.17 bits per heavy atom. The van der Waals surface area contributed by atoms with Crippen molar-refractivity contribution in [3.05, 3.63) is 63.9 Å². The van der Waals surface area contributed by atoms with Crippen molar-refractivity contribution in [2.75, 3.05) is 11.9 Å². The number of hydrogen-bond donors (Lipinski definition) is 1. The lowest BCUT2D eigenvalue weighted by Crippen LogP contribution is -2.36. The van der Waals surface area contributed by atoms with Gasteiger partial charge in [0.25, 0.3) is 0 Å². The molecule has 0 spiro atoms. The molecule has 0 bridgehead atoms. The molecule has 0 atom stereocenters. The summed E-state index contributed by atoms with van der Waals surface area (Å²) in [6.07, 6.45) is 0. The van der Waals surface area contributed by atoms with Crippen LogP contribution in [0.2, 0.25) is 0 Å². The van der Waals surface area contributed by atoms with Crippen LogP contribution in [0.1, 0.15) is 18.1 Å². The summed E-state index contributed by atoms with van der Waals surface area (Å²) < 4.78 is 13.8. The molecule has 0 heterocycles. The SMILES string of the molecule is CC(=O)N(CC(=O)Nc1ccc(C)c(Br)c1)Cc1ccc(F)cc1. The van der Waals surface area contributed by atoms with Crippen molar-refractivity contribution in [2.24, 2.45) is 0 Å². The third-order valence-corrected chi connectivity index (χ3v) is 4.38. The van der Waals surface area contributed by atoms with E-state index in [0.29, 0.717) is 5.69 Å². The first kappa shape index (κ1) is 18.1. The molecule has 24 heavy (non-hydrogen) atoms. The van der Waals surface area contributed by atoms with Gasteiger partial charge >= 0.3 is 0 Å². The summed E-state index contributed by atoms with van der Waals surface area (Å²) in [6.45, 7) is 3.54. The molecular formula is C18H18BrFN2O2. The normalized spacial score (nSPS) is 10.3. The summed E-state index contributed by atoms with van der Waals surface area (Å²) in [6, 6.07) is 11.4. The average Bonchev–Trinajstić information content (AvgIpc) is 2.52. The highest BCUT2D eigenvalue weighted by Crippen LogP contribution is 2.20. The van der Waals surface area contributed by atoms with E-state index in [4.69, 9.17) is 0 Å². The Morgan fingerprint density at radius 2 is 1.83 bits per heavy atom. The molecule has 1 N–H and O–H groups in total. The highest BCUT2D eigenvalue weighted by molar-refractivity contribution is 9.10. The molecule has 126 valence electrons. The Hall–Kier alpha value is -2.21. The number of carbonyl (C=O) groups is 2. The van der Waals surface area contributed by atoms with Gasteiger partial charge in [-0.25, -0.2) is 4.39 Å². The van der Waals surface area contributed by atoms with Crippen LogP contribution in [0.5, 0.6) is 0 Å². The summed E-state index contributed by atoms with van der Waals surface area (Å²) in [7, 11) is 0. The second-order valence-corrected chi connectivity index (χ2v) is 6.37. The van der Waals surface area contributed by atoms with Crippen LogP contribution in [0, 0.1) is 12.7 Å². The zero-order chi connectivity index (χ0) is 17.7. The van der Waals surface area contributed by atoms with Crippen LogP contribution in [-0.2, 0) is 16.1 Å². The number of benzene rings is 2. The van der Waals surface area contributed by atoms with Gasteiger partial charge in [0.15, 0.2) is 0 Å². The fraction of sp³-hybridized carbons (Fsp3) is 0.222. The molecule has 0 saturated heterocycles. The van der Waals surface area contributed by atoms with Gasteiger partial charge in [-0.15, -0.1) is 0 Å². The maximum atomic E-state index is 12.9. The molecule has 0 aliphatic heterocycles. The van der Waals surface area contributed by atoms with Crippen LogP contribution in [-0.4, -0.2) is 23.3 Å². The number of anilines is 1. The Morgan fingerprint density at radius 3 is 2.42 bits per heavy atom. The standard InChI is InChI=1S/C18H18BrFN2O2/c1-12-3-8-16(9-17(12)19)21-18(24)11-22(13(2)23)10-14-4-6-15(20)7-5-14/h3-9H,10-11H2,1-2H3,(H,21,24). The molecule has 2 aromatic carbocycles. The van der Waals surface area contributed by atoms with Crippen molar-refractivity contribution >= 4 is 33.4 Å². The topological polar surface area (TPSA) is 49.4 Å². The number of halogens is 2. The summed E-state index contributed by atoms with van der Waals surface area (Å²) in [5.41, 5.74) is 2.48. The fourth-order valence-corrected chi connectivity index (χ4v) is 2.51. The monoisotopic (exact) mass is 392 g/mol. The zero-order valence-corrected chi connectivity index (χ0v) is 15.1. The van der Waals surface area contributed by atoms with Crippen LogP contribution in [0.15, 0.2) is 46.9 Å². The number of carbonyl (C=O) groups excluding carboxylic acids is 2. The molecule has 0 aliphatic rings. The molecule has 0 fully saturated rings. The molecule has 0 aromatic heterocycles. The Balaban J connectivity index is 2.01. The lowest BCUT2D eigenvalue weighted by molar-refractivity contribution is -0.133. The van der Waals surface area contributed by atoms with E-state index < -0.39 is 0 Å². The Kier molecular flexibility index (Phi) is 6.09. The smallest absolute Gasteiger partial charge is 0.244 e. The van der Waals surface area contributed by atoms with Crippen molar-refractivity contribution in [1.82, 2.24) is 4.90 Å². The van der Waals surface area contributed by atoms with E-state index in [1.54, 1.807) is 18.2 Å². The predicted molar refractivity (Wildman–Crippen MR) is 95.0 cm³/mol. The van der Waals surface area contributed by atoms with E-state index in [-0.39, 0.29) is 30.7 Å². The zero-order valence-electron chi connectivity index (χ0n) is 13.5. The van der Waals surface area contributed by atoms with Gasteiger partial charge in [0.05, 0.1) is 0 Å². The van der Waals surface area contributed by atoms with Crippen LogP contribution in [0.25, 0.3) is 0 Å². The summed E-state index contributed by atoms with van der Waals surface area (Å²) in [4.78, 5) is 25.4. The summed E-state index contributed by atoms with van der Waals surface area (Å²) in [5, 5.41) is 2.77. The Bertz CT molecular complexity index is 747. The van der Waals surface area contributed by atoms with Gasteiger partial charge in [-0.2, -0.15) is 0 Å². The number of nitrogens with one attached hydrogen (secondary N) is 1. The third kappa shape index (κ3) is 5.16. The lowest BCUT2D eigenvalue weighted by atomic mass is 10.2. The van der Waals surface area contributed by atoms with Gasteiger partial charge < -0.3 is 10.2 Å². The van der Waals surface area contributed by atoms with Gasteiger partial charge in [-0.05, 0) is 42.3 Å². The van der Waals surface area contributed by atoms with Crippen LogP contribution in [0.3, 0.4) is 0 Å². The fourth-order valence-electron chi connectivity index (χ4n) is 2.13. The number of amides is 2. The Labute approximate surface area is 148 Å². The molecular weight excluding hydrogens is 375 g/mol. The van der Waals surface area contributed by atoms with Gasteiger partial charge in [-0.1, -0.05) is 34.1 Å². The van der Waals surface area contributed by atoms with Gasteiger partial charge in [0.1, 0.15) is 12.4 Å². The highest BCUT2D eigenvalue weighted by Gasteiger charge is 2.14. The van der Waals surface area contributed by atoms with E-state index >= 15 is 0 Å². The molecule has 2 amide bonds. The van der Waals surface area contributed by atoms with Crippen molar-refractivity contribution in [3.8, 4) is 0 Å². The van der Waals surface area contributed by atoms with E-state index in [1.807, 2.05) is 19.1 Å². The summed E-state index contributed by atoms with van der Waals surface area (Å²) >= 11 is 3.41. The molecule has 2 aromatic rings. The first-order valence-electron chi connectivity index (χ1n) is 7.41. The molecule has 0 radical (unpaired) electrons. The molecule has 6 heteroatoms. The van der Waals surface area contributed by atoms with Crippen molar-refractivity contribution < 1.29 is 14.0 Å². The van der Waals surface area contributed by atoms with E-state index in [1.165, 1.54) is 24.0 Å². The molecule has 0 aliphatic carbocycles. The predicted octanol–water partition coefficient (Wildman–Crippen LogP) is 3.88. The van der Waals surface area contributed by atoms with Crippen LogP contribution < -0.4 is 5.32 Å². The van der Waals surface area contributed by atoms with Crippen LogP contribution in [0.4, 0.5) is 10.1 Å². The quantitative estimate of drug-likeness (QED) is 0.838. The van der Waals surface area contributed by atoms with Crippen molar-refractivity contribution in [1.29, 1.82) is 0 Å². The second-order valence-electron chi connectivity index (χ2n) is 5.51. The molecule has 0 unspecified atom stereocenters. The van der Waals surface area contributed by atoms with Gasteiger partial charge in [-0.3, -0.25) is 9.59 Å². The van der Waals surface area contributed by atoms with E-state index in [0.717, 1.165) is 15.6 Å². The largest absolute Gasteiger partial charge is 0.329 e. The highest BCUT2D eigenvalue weighted by atomic mass is 79.9. The molecule has 0 saturated carbocycles. The first-order valence-corrected chi connectivity index (χ1v) is 8.20. The van der Waals surface area contributed by atoms with Crippen molar-refractivity contribution in [2.45, 2.75) is 20.4 Å². The van der Waals surface area contributed by atoms with Gasteiger partial charge in [0, 0.05) is 23.6 Å². The van der Waals surface area contributed by atoms with Gasteiger partial charge in [0.2, 0.25) is 11.8 Å². The minimum atomic E-state index is -0.337. The maximum absolute atomic E-state index is 12.9. The summed E-state index contributed by atoms with van der Waals surface area (Å²) in [5.74, 6) is -0.849. The average molecular weight is 393 g/mol. The van der Waals surface area contributed by atoms with E-state index in [9.17, 15) is 14.0 Å². The number of aryl methyl sites for hydroxylation is 1. The minimum absolute atomic E-state index is 0.0712. The number of hydrogen-bond acceptors (Lipinski definition) is 2.